The fourth-order valence-electron chi connectivity index (χ4n) is 16.1. The van der Waals surface area contributed by atoms with E-state index >= 15 is 0 Å². The van der Waals surface area contributed by atoms with Crippen LogP contribution >= 0.6 is 0 Å². The summed E-state index contributed by atoms with van der Waals surface area (Å²) in [5.74, 6) is 0.868. The number of aryl methyl sites for hydroxylation is 4. The first-order valence-corrected chi connectivity index (χ1v) is 34.0. The predicted molar refractivity (Wildman–Crippen MR) is 359 cm³/mol. The zero-order chi connectivity index (χ0) is 63.1. The first kappa shape index (κ1) is 62.0. The molecule has 0 bridgehead atoms. The van der Waals surface area contributed by atoms with Crippen molar-refractivity contribution >= 4 is 57.8 Å². The molecule has 8 aliphatic rings. The number of aromatic nitrogens is 8. The Morgan fingerprint density at radius 3 is 1.47 bits per heavy atom. The summed E-state index contributed by atoms with van der Waals surface area (Å²) < 4.78 is 11.3. The average Bonchev–Trinajstić information content (AvgIpc) is 0.898. The lowest BCUT2D eigenvalue weighted by Crippen LogP contribution is -2.64. The first-order chi connectivity index (χ1) is 44.7. The number of likely N-dealkylation sites (tertiary alicyclic amines) is 4. The number of nitrogens with one attached hydrogen (secondary N) is 7. The third-order valence-electron chi connectivity index (χ3n) is 21.3. The summed E-state index contributed by atoms with van der Waals surface area (Å²) in [6.45, 7) is 24.4. The van der Waals surface area contributed by atoms with Crippen molar-refractivity contribution < 1.29 is 19.1 Å². The highest BCUT2D eigenvalue weighted by Gasteiger charge is 2.48. The van der Waals surface area contributed by atoms with Gasteiger partial charge in [-0.05, 0) is 195 Å². The molecule has 6 aromatic rings. The van der Waals surface area contributed by atoms with Gasteiger partial charge in [-0.3, -0.25) is 29.6 Å². The van der Waals surface area contributed by atoms with Crippen LogP contribution in [0.15, 0.2) is 48.5 Å². The van der Waals surface area contributed by atoms with Crippen LogP contribution in [0, 0.1) is 38.5 Å². The van der Waals surface area contributed by atoms with Gasteiger partial charge in [0.25, 0.3) is 11.8 Å². The molecule has 490 valence electrons. The second-order valence-electron chi connectivity index (χ2n) is 28.1. The van der Waals surface area contributed by atoms with Crippen LogP contribution in [0.4, 0.5) is 46.0 Å². The van der Waals surface area contributed by atoms with Crippen molar-refractivity contribution in [1.29, 1.82) is 0 Å². The Morgan fingerprint density at radius 2 is 1.01 bits per heavy atom. The van der Waals surface area contributed by atoms with E-state index in [2.05, 4.69) is 128 Å². The van der Waals surface area contributed by atoms with Gasteiger partial charge in [0.2, 0.25) is 0 Å². The summed E-state index contributed by atoms with van der Waals surface area (Å²) in [5.41, 5.74) is 17.5. The molecule has 14 rings (SSSR count). The van der Waals surface area contributed by atoms with Crippen LogP contribution in [-0.2, 0) is 9.47 Å². The summed E-state index contributed by atoms with van der Waals surface area (Å²) in [4.78, 5) is 63.1. The van der Waals surface area contributed by atoms with Crippen LogP contribution in [0.3, 0.4) is 0 Å². The number of ether oxygens (including phenoxy) is 2. The molecule has 0 aliphatic carbocycles. The Morgan fingerprint density at radius 1 is 0.554 bits per heavy atom. The predicted octanol–water partition coefficient (Wildman–Crippen LogP) is 7.80. The topological polar surface area (TPSA) is 267 Å². The zero-order valence-corrected chi connectivity index (χ0v) is 54.5. The lowest BCUT2D eigenvalue weighted by atomic mass is 9.71. The van der Waals surface area contributed by atoms with E-state index in [9.17, 15) is 9.59 Å². The second-order valence-corrected chi connectivity index (χ2v) is 28.1. The van der Waals surface area contributed by atoms with Gasteiger partial charge in [-0.25, -0.2) is 19.9 Å². The number of amides is 2. The van der Waals surface area contributed by atoms with Crippen LogP contribution in [0.25, 0.3) is 22.8 Å². The summed E-state index contributed by atoms with van der Waals surface area (Å²) in [5, 5.41) is 32.6. The molecule has 24 heteroatoms. The average molecular weight is 1260 g/mol. The molecule has 2 aromatic carbocycles. The molecular weight excluding hydrogens is 1160 g/mol. The minimum atomic E-state index is -0.676. The van der Waals surface area contributed by atoms with E-state index in [1.165, 1.54) is 68.8 Å². The number of primary amides is 1. The Labute approximate surface area is 540 Å². The van der Waals surface area contributed by atoms with E-state index in [0.29, 0.717) is 102 Å². The van der Waals surface area contributed by atoms with E-state index < -0.39 is 5.91 Å². The summed E-state index contributed by atoms with van der Waals surface area (Å²) in [6, 6.07) is 18.2. The van der Waals surface area contributed by atoms with E-state index in [4.69, 9.17) is 35.1 Å². The fourth-order valence-corrected chi connectivity index (χ4v) is 16.1. The molecule has 0 saturated carbocycles. The molecule has 0 atom stereocenters. The maximum Gasteiger partial charge on any atom is 0.274 e. The number of rotatable bonds is 18. The van der Waals surface area contributed by atoms with E-state index in [-0.39, 0.29) is 29.4 Å². The zero-order valence-electron chi connectivity index (χ0n) is 54.5. The van der Waals surface area contributed by atoms with Crippen molar-refractivity contribution in [2.75, 3.05) is 150 Å². The lowest BCUT2D eigenvalue weighted by Gasteiger charge is -2.57. The number of hydrogen-bond acceptors (Lipinski definition) is 20. The molecule has 9 N–H and O–H groups in total. The smallest absolute Gasteiger partial charge is 0.274 e. The van der Waals surface area contributed by atoms with Gasteiger partial charge in [0.05, 0.1) is 6.67 Å². The van der Waals surface area contributed by atoms with Gasteiger partial charge < -0.3 is 61.4 Å². The van der Waals surface area contributed by atoms with Crippen molar-refractivity contribution in [3.05, 3.63) is 82.4 Å². The number of nitrogens with zero attached hydrogens (tertiary/aromatic N) is 12. The van der Waals surface area contributed by atoms with Crippen LogP contribution in [0.5, 0.6) is 0 Å². The molecule has 8 aliphatic heterocycles. The van der Waals surface area contributed by atoms with E-state index in [0.717, 1.165) is 132 Å². The van der Waals surface area contributed by atoms with Gasteiger partial charge in [0.15, 0.2) is 34.7 Å². The van der Waals surface area contributed by atoms with E-state index in [1.807, 2.05) is 32.0 Å². The van der Waals surface area contributed by atoms with Gasteiger partial charge in [-0.2, -0.15) is 10.2 Å². The molecule has 24 nitrogen and oxygen atoms in total. The van der Waals surface area contributed by atoms with Crippen molar-refractivity contribution in [2.45, 2.75) is 129 Å². The van der Waals surface area contributed by atoms with Gasteiger partial charge in [-0.1, -0.05) is 0 Å². The maximum atomic E-state index is 14.7. The molecular formula is C68H94N20O4. The number of piperidine rings is 4. The Bertz CT molecular complexity index is 3590. The number of carbonyl (C=O) groups is 2. The Balaban J connectivity index is 0.585. The Hall–Kier alpha value is -7.48. The third kappa shape index (κ3) is 13.5. The number of aromatic amines is 2. The quantitative estimate of drug-likeness (QED) is 0.0408. The van der Waals surface area contributed by atoms with Crippen LogP contribution in [0.1, 0.15) is 121 Å². The van der Waals surface area contributed by atoms with Crippen molar-refractivity contribution in [2.24, 2.45) is 16.6 Å². The summed E-state index contributed by atoms with van der Waals surface area (Å²) >= 11 is 0. The highest BCUT2D eigenvalue weighted by Crippen LogP contribution is 2.44. The van der Waals surface area contributed by atoms with Crippen molar-refractivity contribution in [3.8, 4) is 22.8 Å². The number of H-pyrrole nitrogens is 2. The SMILES string of the molecule is Cc1cc(-c2nc(C(N)=O)c(Nc3ccc(N4CCC(N5CC6(CCN(CNC(=O)c7nc(-c8cc(C)[nH]n8)c(NC8CCOCC8)nc7Nc7ccc(N8CCC(N9CCC%10(CC9)CN(C)C%10)CC8)c(C)c7)CC6)C5)CC4)c(C)c3)nc2NC2CCOCC2)n[nH]1. The molecule has 8 fully saturated rings. The van der Waals surface area contributed by atoms with E-state index in [1.54, 1.807) is 0 Å². The third-order valence-corrected chi connectivity index (χ3v) is 21.3. The summed E-state index contributed by atoms with van der Waals surface area (Å²) in [6.07, 6.45) is 12.8. The number of benzene rings is 2. The molecule has 0 radical (unpaired) electrons. The second kappa shape index (κ2) is 26.5. The first-order valence-electron chi connectivity index (χ1n) is 34.0. The number of nitrogens with two attached hydrogens (primary N) is 1. The molecule has 4 aromatic heterocycles. The number of hydrogen-bond donors (Lipinski definition) is 8. The van der Waals surface area contributed by atoms with Gasteiger partial charge >= 0.3 is 0 Å². The minimum absolute atomic E-state index is 0.0469. The lowest BCUT2D eigenvalue weighted by molar-refractivity contribution is -0.0739. The number of carbonyl (C=O) groups excluding carboxylic acids is 2. The molecule has 2 spiro atoms. The Kier molecular flexibility index (Phi) is 17.9. The van der Waals surface area contributed by atoms with Gasteiger partial charge in [0, 0.05) is 150 Å². The van der Waals surface area contributed by atoms with Crippen molar-refractivity contribution in [1.82, 2.24) is 65.2 Å². The van der Waals surface area contributed by atoms with Crippen LogP contribution in [-0.4, -0.2) is 215 Å². The van der Waals surface area contributed by atoms with Crippen LogP contribution in [0.2, 0.25) is 0 Å². The molecule has 8 saturated heterocycles. The standard InChI is InChI=1S/C68H94N20O4/c1-43-34-49(73-64-59(61(69)89)75-57(53-36-45(3)79-81-53)62(77-64)71-47-14-30-91-31-15-47)6-8-56(43)87-24-12-52(13-25-87)88-40-68(41-88)18-26-84(27-19-68)42-70-66(90)60-65(78-63(72-48-16-32-92-33-17-48)58(76-60)54-37-46(4)80-82-54)74-50-7-9-55(44(2)35-50)86-22-10-51(11-23-86)85-28-20-67(21-29-85)38-83(5)39-67/h6-9,34-37,47-48,51-52H,10-33,38-42H2,1-5H3,(H2,69,89)(H,70,90)(H,79,81)(H,80,82)(H2,71,73,77)(H2,72,74,78). The highest BCUT2D eigenvalue weighted by molar-refractivity contribution is 5.99. The largest absolute Gasteiger partial charge is 0.381 e. The van der Waals surface area contributed by atoms with Crippen LogP contribution < -0.4 is 42.1 Å². The summed E-state index contributed by atoms with van der Waals surface area (Å²) in [7, 11) is 2.25. The molecule has 2 amide bonds. The van der Waals surface area contributed by atoms with Gasteiger partial charge in [-0.15, -0.1) is 0 Å². The molecule has 0 unspecified atom stereocenters. The normalized spacial score (nSPS) is 21.5. The molecule has 12 heterocycles. The van der Waals surface area contributed by atoms with Gasteiger partial charge in [0.1, 0.15) is 22.8 Å². The maximum absolute atomic E-state index is 14.7. The monoisotopic (exact) mass is 1250 g/mol. The van der Waals surface area contributed by atoms with Crippen molar-refractivity contribution in [3.63, 3.8) is 0 Å². The number of anilines is 8. The molecule has 92 heavy (non-hydrogen) atoms. The minimum Gasteiger partial charge on any atom is -0.381 e. The highest BCUT2D eigenvalue weighted by atomic mass is 16.5. The fraction of sp³-hybridized carbons (Fsp3) is 0.588.